The van der Waals surface area contributed by atoms with Crippen molar-refractivity contribution in [3.05, 3.63) is 59.2 Å². The Bertz CT molecular complexity index is 995. The third-order valence-corrected chi connectivity index (χ3v) is 5.02. The minimum absolute atomic E-state index is 0.266. The molecular weight excluding hydrogens is 436 g/mol. The summed E-state index contributed by atoms with van der Waals surface area (Å²) in [5.74, 6) is 0.696. The van der Waals surface area contributed by atoms with Gasteiger partial charge >= 0.3 is 12.1 Å². The number of hydrogen-bond acceptors (Lipinski definition) is 6. The zero-order chi connectivity index (χ0) is 25.3. The highest BCUT2D eigenvalue weighted by Gasteiger charge is 2.24. The highest BCUT2D eigenvalue weighted by atomic mass is 16.6. The van der Waals surface area contributed by atoms with Gasteiger partial charge in [0.2, 0.25) is 5.91 Å². The van der Waals surface area contributed by atoms with Gasteiger partial charge in [-0.25, -0.2) is 4.79 Å². The van der Waals surface area contributed by atoms with Crippen LogP contribution in [0, 0.1) is 6.92 Å². The summed E-state index contributed by atoms with van der Waals surface area (Å²) < 4.78 is 16.1. The Morgan fingerprint density at radius 3 is 2.29 bits per heavy atom. The van der Waals surface area contributed by atoms with Crippen LogP contribution in [0.4, 0.5) is 4.79 Å². The first-order valence-electron chi connectivity index (χ1n) is 11.2. The normalized spacial score (nSPS) is 11.8. The van der Waals surface area contributed by atoms with Crippen molar-refractivity contribution in [2.75, 3.05) is 14.2 Å². The molecule has 2 amide bonds. The summed E-state index contributed by atoms with van der Waals surface area (Å²) in [5.41, 5.74) is 2.15. The van der Waals surface area contributed by atoms with Gasteiger partial charge in [0, 0.05) is 19.9 Å². The molecular formula is C26H34N2O6. The molecule has 0 heterocycles. The fraction of sp³-hybridized carbons (Fsp3) is 0.423. The Morgan fingerprint density at radius 1 is 1.03 bits per heavy atom. The molecule has 34 heavy (non-hydrogen) atoms. The number of amides is 2. The Kier molecular flexibility index (Phi) is 9.47. The SMILES string of the molecule is CNC(=O)[C@H](Cc1ccc(Oc2cccc(C)c2CCC(=O)OC)cc1)NC(=O)OC(C)(C)C. The smallest absolute Gasteiger partial charge is 0.408 e. The van der Waals surface area contributed by atoms with Crippen molar-refractivity contribution in [3.8, 4) is 11.5 Å². The minimum atomic E-state index is -0.784. The average molecular weight is 471 g/mol. The van der Waals surface area contributed by atoms with E-state index in [1.807, 2.05) is 37.3 Å². The van der Waals surface area contributed by atoms with E-state index in [2.05, 4.69) is 10.6 Å². The first kappa shape index (κ1) is 26.7. The molecule has 2 aromatic rings. The van der Waals surface area contributed by atoms with Crippen molar-refractivity contribution in [2.24, 2.45) is 0 Å². The largest absolute Gasteiger partial charge is 0.469 e. The van der Waals surface area contributed by atoms with Gasteiger partial charge in [-0.1, -0.05) is 24.3 Å². The average Bonchev–Trinajstić information content (AvgIpc) is 2.77. The molecule has 0 fully saturated rings. The highest BCUT2D eigenvalue weighted by Crippen LogP contribution is 2.29. The molecule has 0 saturated carbocycles. The van der Waals surface area contributed by atoms with Gasteiger partial charge in [0.25, 0.3) is 0 Å². The maximum absolute atomic E-state index is 12.3. The van der Waals surface area contributed by atoms with E-state index in [9.17, 15) is 14.4 Å². The lowest BCUT2D eigenvalue weighted by molar-refractivity contribution is -0.140. The number of carbonyl (C=O) groups is 3. The second kappa shape index (κ2) is 12.1. The lowest BCUT2D eigenvalue weighted by Gasteiger charge is -2.23. The molecule has 2 aromatic carbocycles. The molecule has 0 aliphatic rings. The first-order valence-corrected chi connectivity index (χ1v) is 11.2. The molecule has 8 nitrogen and oxygen atoms in total. The third-order valence-electron chi connectivity index (χ3n) is 5.02. The molecule has 2 rings (SSSR count). The molecule has 0 aromatic heterocycles. The van der Waals surface area contributed by atoms with Gasteiger partial charge in [-0.3, -0.25) is 9.59 Å². The molecule has 1 atom stereocenters. The molecule has 0 radical (unpaired) electrons. The van der Waals surface area contributed by atoms with E-state index in [0.717, 1.165) is 16.7 Å². The number of benzene rings is 2. The Labute approximate surface area is 201 Å². The Hall–Kier alpha value is -3.55. The molecule has 2 N–H and O–H groups in total. The third kappa shape index (κ3) is 8.42. The van der Waals surface area contributed by atoms with Gasteiger partial charge in [-0.05, 0) is 69.0 Å². The summed E-state index contributed by atoms with van der Waals surface area (Å²) >= 11 is 0. The molecule has 0 aliphatic carbocycles. The van der Waals surface area contributed by atoms with Gasteiger partial charge in [-0.2, -0.15) is 0 Å². The molecule has 0 saturated heterocycles. The monoisotopic (exact) mass is 470 g/mol. The zero-order valence-corrected chi connectivity index (χ0v) is 20.7. The lowest BCUT2D eigenvalue weighted by Crippen LogP contribution is -2.48. The summed E-state index contributed by atoms with van der Waals surface area (Å²) in [4.78, 5) is 36.0. The second-order valence-electron chi connectivity index (χ2n) is 8.89. The van der Waals surface area contributed by atoms with Crippen LogP contribution < -0.4 is 15.4 Å². The summed E-state index contributed by atoms with van der Waals surface area (Å²) in [6, 6.07) is 12.2. The van der Waals surface area contributed by atoms with Gasteiger partial charge in [0.05, 0.1) is 7.11 Å². The molecule has 0 aliphatic heterocycles. The van der Waals surface area contributed by atoms with Crippen LogP contribution in [0.5, 0.6) is 11.5 Å². The predicted molar refractivity (Wildman–Crippen MR) is 129 cm³/mol. The van der Waals surface area contributed by atoms with Crippen molar-refractivity contribution >= 4 is 18.0 Å². The topological polar surface area (TPSA) is 103 Å². The Morgan fingerprint density at radius 2 is 1.71 bits per heavy atom. The minimum Gasteiger partial charge on any atom is -0.469 e. The van der Waals surface area contributed by atoms with Crippen LogP contribution in [0.15, 0.2) is 42.5 Å². The predicted octanol–water partition coefficient (Wildman–Crippen LogP) is 4.07. The summed E-state index contributed by atoms with van der Waals surface area (Å²) in [5, 5.41) is 5.19. The van der Waals surface area contributed by atoms with E-state index >= 15 is 0 Å². The Balaban J connectivity index is 2.11. The number of alkyl carbamates (subject to hydrolysis) is 1. The number of aryl methyl sites for hydroxylation is 1. The van der Waals surface area contributed by atoms with E-state index < -0.39 is 17.7 Å². The van der Waals surface area contributed by atoms with E-state index in [0.29, 0.717) is 17.9 Å². The number of methoxy groups -OCH3 is 1. The number of rotatable bonds is 9. The number of ether oxygens (including phenoxy) is 3. The van der Waals surface area contributed by atoms with Crippen LogP contribution in [0.1, 0.15) is 43.9 Å². The molecule has 0 unspecified atom stereocenters. The van der Waals surface area contributed by atoms with Gasteiger partial charge < -0.3 is 24.8 Å². The van der Waals surface area contributed by atoms with Crippen molar-refractivity contribution in [1.29, 1.82) is 0 Å². The maximum atomic E-state index is 12.3. The summed E-state index contributed by atoms with van der Waals surface area (Å²) in [6.45, 7) is 7.25. The van der Waals surface area contributed by atoms with Gasteiger partial charge in [-0.15, -0.1) is 0 Å². The van der Waals surface area contributed by atoms with Gasteiger partial charge in [0.1, 0.15) is 23.1 Å². The lowest BCUT2D eigenvalue weighted by atomic mass is 10.0. The molecule has 0 bridgehead atoms. The second-order valence-corrected chi connectivity index (χ2v) is 8.89. The highest BCUT2D eigenvalue weighted by molar-refractivity contribution is 5.85. The fourth-order valence-corrected chi connectivity index (χ4v) is 3.31. The first-order chi connectivity index (χ1) is 16.0. The number of esters is 1. The fourth-order valence-electron chi connectivity index (χ4n) is 3.31. The van der Waals surface area contributed by atoms with E-state index in [1.165, 1.54) is 14.2 Å². The van der Waals surface area contributed by atoms with Crippen LogP contribution in [0.3, 0.4) is 0 Å². The van der Waals surface area contributed by atoms with Crippen molar-refractivity contribution in [1.82, 2.24) is 10.6 Å². The van der Waals surface area contributed by atoms with Crippen molar-refractivity contribution in [3.63, 3.8) is 0 Å². The number of hydrogen-bond donors (Lipinski definition) is 2. The maximum Gasteiger partial charge on any atom is 0.408 e. The van der Waals surface area contributed by atoms with Crippen LogP contribution in [-0.4, -0.2) is 43.8 Å². The number of likely N-dealkylation sites (N-methyl/N-ethyl adjacent to an activating group) is 1. The quantitative estimate of drug-likeness (QED) is 0.536. The van der Waals surface area contributed by atoms with Crippen LogP contribution in [-0.2, 0) is 31.9 Å². The summed E-state index contributed by atoms with van der Waals surface area (Å²) in [6.07, 6.45) is 0.410. The van der Waals surface area contributed by atoms with E-state index in [4.69, 9.17) is 14.2 Å². The molecule has 8 heteroatoms. The molecule has 184 valence electrons. The van der Waals surface area contributed by atoms with Crippen molar-refractivity contribution < 1.29 is 28.6 Å². The van der Waals surface area contributed by atoms with Crippen LogP contribution in [0.2, 0.25) is 0 Å². The zero-order valence-electron chi connectivity index (χ0n) is 20.7. The number of nitrogens with one attached hydrogen (secondary N) is 2. The van der Waals surface area contributed by atoms with Crippen LogP contribution in [0.25, 0.3) is 0 Å². The van der Waals surface area contributed by atoms with E-state index in [1.54, 1.807) is 32.9 Å². The standard InChI is InChI=1S/C26H34N2O6/c1-17-8-7-9-22(20(17)14-15-23(29)32-6)33-19-12-10-18(11-13-19)16-21(24(30)27-5)28-25(31)34-26(2,3)4/h7-13,21H,14-16H2,1-6H3,(H,27,30)(H,28,31)/t21-/m0/s1. The van der Waals surface area contributed by atoms with Gasteiger partial charge in [0.15, 0.2) is 0 Å². The van der Waals surface area contributed by atoms with E-state index in [-0.39, 0.29) is 24.7 Å². The number of carbonyl (C=O) groups excluding carboxylic acids is 3. The molecule has 0 spiro atoms. The summed E-state index contributed by atoms with van der Waals surface area (Å²) in [7, 11) is 2.89. The van der Waals surface area contributed by atoms with Crippen molar-refractivity contribution in [2.45, 2.75) is 58.6 Å². The van der Waals surface area contributed by atoms with Crippen LogP contribution >= 0.6 is 0 Å².